The van der Waals surface area contributed by atoms with Gasteiger partial charge >= 0.3 is 0 Å². The fourth-order valence-electron chi connectivity index (χ4n) is 1.17. The minimum atomic E-state index is 0.838. The molecule has 1 heterocycles. The van der Waals surface area contributed by atoms with Gasteiger partial charge in [-0.1, -0.05) is 0 Å². The summed E-state index contributed by atoms with van der Waals surface area (Å²) in [6.45, 7) is 1.16. The van der Waals surface area contributed by atoms with Crippen molar-refractivity contribution in [3.05, 3.63) is 0 Å². The smallest absolute Gasteiger partial charge is 0.0278 e. The molecule has 2 atom stereocenters. The van der Waals surface area contributed by atoms with E-state index in [0.29, 0.717) is 0 Å². The first kappa shape index (κ1) is 3.03. The summed E-state index contributed by atoms with van der Waals surface area (Å²) >= 11 is 0. The van der Waals surface area contributed by atoms with E-state index in [1.165, 1.54) is 12.8 Å². The third-order valence-electron chi connectivity index (χ3n) is 1.75. The molecule has 1 aliphatic heterocycles. The van der Waals surface area contributed by atoms with Crippen molar-refractivity contribution in [1.29, 1.82) is 0 Å². The van der Waals surface area contributed by atoms with E-state index in [9.17, 15) is 0 Å². The molecule has 0 bridgehead atoms. The number of hydrogen-bond donors (Lipinski definition) is 0. The van der Waals surface area contributed by atoms with Gasteiger partial charge < -0.3 is 0 Å². The molecule has 0 aromatic carbocycles. The third-order valence-corrected chi connectivity index (χ3v) is 1.75. The Morgan fingerprint density at radius 2 is 2.50 bits per heavy atom. The Morgan fingerprint density at radius 3 is 2.67 bits per heavy atom. The molecular formula is C5H8N. The van der Waals surface area contributed by atoms with Gasteiger partial charge in [-0.15, -0.1) is 0 Å². The Hall–Kier alpha value is -0.0400. The zero-order valence-corrected chi connectivity index (χ0v) is 3.72. The molecule has 2 aliphatic rings. The highest BCUT2D eigenvalue weighted by atomic mass is 15.0. The van der Waals surface area contributed by atoms with Crippen molar-refractivity contribution in [2.75, 3.05) is 6.54 Å². The van der Waals surface area contributed by atoms with Gasteiger partial charge in [0, 0.05) is 12.6 Å². The van der Waals surface area contributed by atoms with E-state index < -0.39 is 0 Å². The molecule has 2 rings (SSSR count). The Labute approximate surface area is 37.7 Å². The Bertz CT molecular complexity index is 62.3. The first-order valence-corrected chi connectivity index (χ1v) is 2.63. The molecule has 0 amide bonds. The van der Waals surface area contributed by atoms with Crippen LogP contribution in [0.25, 0.3) is 0 Å². The van der Waals surface area contributed by atoms with Gasteiger partial charge in [0.15, 0.2) is 0 Å². The minimum Gasteiger partial charge on any atom is -0.238 e. The second-order valence-electron chi connectivity index (χ2n) is 2.26. The predicted molar refractivity (Wildman–Crippen MR) is 23.5 cm³/mol. The molecule has 2 unspecified atom stereocenters. The van der Waals surface area contributed by atoms with Gasteiger partial charge in [0.2, 0.25) is 0 Å². The fraction of sp³-hybridized carbons (Fsp3) is 1.00. The predicted octanol–water partition coefficient (Wildman–Crippen LogP) is 0.383. The van der Waals surface area contributed by atoms with Crippen LogP contribution in [0.1, 0.15) is 12.8 Å². The molecule has 0 aromatic heterocycles. The molecule has 1 saturated heterocycles. The van der Waals surface area contributed by atoms with Gasteiger partial charge in [-0.25, -0.2) is 5.32 Å². The zero-order chi connectivity index (χ0) is 3.98. The molecule has 1 saturated carbocycles. The van der Waals surface area contributed by atoms with E-state index in [1.807, 2.05) is 0 Å². The molecule has 6 heavy (non-hydrogen) atoms. The maximum atomic E-state index is 4.31. The average molecular weight is 82.1 g/mol. The van der Waals surface area contributed by atoms with Crippen molar-refractivity contribution in [1.82, 2.24) is 5.32 Å². The van der Waals surface area contributed by atoms with E-state index in [-0.39, 0.29) is 0 Å². The van der Waals surface area contributed by atoms with Gasteiger partial charge in [-0.2, -0.15) is 0 Å². The van der Waals surface area contributed by atoms with Crippen LogP contribution in [0.5, 0.6) is 0 Å². The number of hydrogen-bond acceptors (Lipinski definition) is 0. The van der Waals surface area contributed by atoms with Crippen LogP contribution in [-0.2, 0) is 0 Å². The summed E-state index contributed by atoms with van der Waals surface area (Å²) in [6.07, 6.45) is 2.81. The molecular weight excluding hydrogens is 74.1 g/mol. The number of rotatable bonds is 0. The molecule has 1 aliphatic carbocycles. The Kier molecular flexibility index (Phi) is 0.396. The number of nitrogens with zero attached hydrogens (tertiary/aromatic N) is 1. The minimum absolute atomic E-state index is 0.838. The van der Waals surface area contributed by atoms with E-state index in [0.717, 1.165) is 18.5 Å². The van der Waals surface area contributed by atoms with Gasteiger partial charge in [0.1, 0.15) is 0 Å². The molecule has 0 spiro atoms. The zero-order valence-electron chi connectivity index (χ0n) is 3.72. The van der Waals surface area contributed by atoms with Crippen LogP contribution in [0.2, 0.25) is 0 Å². The lowest BCUT2D eigenvalue weighted by atomic mass is 10.3. The maximum Gasteiger partial charge on any atom is 0.0278 e. The van der Waals surface area contributed by atoms with Crippen LogP contribution in [0.4, 0.5) is 0 Å². The lowest BCUT2D eigenvalue weighted by Gasteiger charge is -1.82. The normalized spacial score (nSPS) is 52.0. The second kappa shape index (κ2) is 0.784. The Balaban J connectivity index is 2.09. The fourth-order valence-corrected chi connectivity index (χ4v) is 1.17. The lowest BCUT2D eigenvalue weighted by Crippen LogP contribution is -1.99. The summed E-state index contributed by atoms with van der Waals surface area (Å²) in [5, 5.41) is 4.31. The van der Waals surface area contributed by atoms with Crippen LogP contribution in [0.15, 0.2) is 0 Å². The van der Waals surface area contributed by atoms with Crippen molar-refractivity contribution in [3.8, 4) is 0 Å². The van der Waals surface area contributed by atoms with Crippen LogP contribution in [-0.4, -0.2) is 12.6 Å². The van der Waals surface area contributed by atoms with E-state index in [2.05, 4.69) is 5.32 Å². The lowest BCUT2D eigenvalue weighted by molar-refractivity contribution is 0.728. The van der Waals surface area contributed by atoms with E-state index >= 15 is 0 Å². The summed E-state index contributed by atoms with van der Waals surface area (Å²) < 4.78 is 0. The maximum absolute atomic E-state index is 4.31. The number of piperidine rings is 1. The molecule has 1 heteroatoms. The van der Waals surface area contributed by atoms with Crippen LogP contribution < -0.4 is 5.32 Å². The van der Waals surface area contributed by atoms with Crippen LogP contribution >= 0.6 is 0 Å². The molecule has 1 nitrogen and oxygen atoms in total. The van der Waals surface area contributed by atoms with Gasteiger partial charge in [-0.05, 0) is 18.8 Å². The summed E-state index contributed by atoms with van der Waals surface area (Å²) in [4.78, 5) is 0. The van der Waals surface area contributed by atoms with E-state index in [4.69, 9.17) is 0 Å². The number of fused-ring (bicyclic) bond motifs is 1. The van der Waals surface area contributed by atoms with Gasteiger partial charge in [0.05, 0.1) is 0 Å². The van der Waals surface area contributed by atoms with Gasteiger partial charge in [0.25, 0.3) is 0 Å². The molecule has 0 aromatic rings. The van der Waals surface area contributed by atoms with Crippen molar-refractivity contribution < 1.29 is 0 Å². The molecule has 33 valence electrons. The van der Waals surface area contributed by atoms with Crippen molar-refractivity contribution >= 4 is 0 Å². The first-order valence-electron chi connectivity index (χ1n) is 2.63. The molecule has 0 N–H and O–H groups in total. The van der Waals surface area contributed by atoms with Crippen molar-refractivity contribution in [2.24, 2.45) is 5.92 Å². The molecule has 1 radical (unpaired) electrons. The van der Waals surface area contributed by atoms with Crippen molar-refractivity contribution in [2.45, 2.75) is 18.9 Å². The first-order chi connectivity index (χ1) is 2.97. The summed E-state index contributed by atoms with van der Waals surface area (Å²) in [6, 6.07) is 0.838. The topological polar surface area (TPSA) is 14.1 Å². The standard InChI is InChI=1S/C5H8N/c1-2-6-5-3-4(1)5/h4-5H,1-3H2. The molecule has 2 fully saturated rings. The largest absolute Gasteiger partial charge is 0.238 e. The van der Waals surface area contributed by atoms with Crippen molar-refractivity contribution in [3.63, 3.8) is 0 Å². The summed E-state index contributed by atoms with van der Waals surface area (Å²) in [5.41, 5.74) is 0. The Morgan fingerprint density at radius 1 is 1.50 bits per heavy atom. The highest BCUT2D eigenvalue weighted by Gasteiger charge is 2.41. The van der Waals surface area contributed by atoms with Crippen LogP contribution in [0.3, 0.4) is 0 Å². The van der Waals surface area contributed by atoms with E-state index in [1.54, 1.807) is 0 Å². The highest BCUT2D eigenvalue weighted by Crippen LogP contribution is 2.38. The van der Waals surface area contributed by atoms with Gasteiger partial charge in [-0.3, -0.25) is 0 Å². The quantitative estimate of drug-likeness (QED) is 0.401. The monoisotopic (exact) mass is 82.1 g/mol. The summed E-state index contributed by atoms with van der Waals surface area (Å²) in [7, 11) is 0. The second-order valence-corrected chi connectivity index (χ2v) is 2.26. The third kappa shape index (κ3) is 0.243. The van der Waals surface area contributed by atoms with Crippen LogP contribution in [0, 0.1) is 5.92 Å². The summed E-state index contributed by atoms with van der Waals surface area (Å²) in [5.74, 6) is 1.05. The highest BCUT2D eigenvalue weighted by molar-refractivity contribution is 4.97. The average Bonchev–Trinajstić information content (AvgIpc) is 2.17. The SMILES string of the molecule is C1CC2CC2[N]1.